The average Bonchev–Trinajstić information content (AvgIpc) is 2.43. The van der Waals surface area contributed by atoms with E-state index in [1.54, 1.807) is 0 Å². The molecule has 0 radical (unpaired) electrons. The van der Waals surface area contributed by atoms with Crippen LogP contribution in [0, 0.1) is 17.7 Å². The summed E-state index contributed by atoms with van der Waals surface area (Å²) in [5.41, 5.74) is 6.14. The highest BCUT2D eigenvalue weighted by molar-refractivity contribution is 7.89. The fraction of sp³-hybridized carbons (Fsp3) is 0.600. The lowest BCUT2D eigenvalue weighted by atomic mass is 9.88. The molecule has 6 heteroatoms. The number of piperidine rings is 1. The highest BCUT2D eigenvalue weighted by Crippen LogP contribution is 2.32. The van der Waals surface area contributed by atoms with Gasteiger partial charge >= 0.3 is 0 Å². The summed E-state index contributed by atoms with van der Waals surface area (Å²) in [5, 5.41) is 0. The summed E-state index contributed by atoms with van der Waals surface area (Å²) in [7, 11) is -3.84. The quantitative estimate of drug-likeness (QED) is 0.931. The summed E-state index contributed by atoms with van der Waals surface area (Å²) < 4.78 is 41.1. The average molecular weight is 314 g/mol. The lowest BCUT2D eigenvalue weighted by molar-refractivity contribution is 0.157. The number of hydrogen-bond acceptors (Lipinski definition) is 3. The van der Waals surface area contributed by atoms with Crippen LogP contribution in [0.4, 0.5) is 4.39 Å². The summed E-state index contributed by atoms with van der Waals surface area (Å²) in [6.07, 6.45) is 0.985. The SMILES string of the molecule is CC1CC(C)C(C)N(S(=O)(=O)c2cc(CN)ccc2F)C1. The number of nitrogens with two attached hydrogens (primary N) is 1. The molecule has 2 rings (SSSR count). The van der Waals surface area contributed by atoms with E-state index in [-0.39, 0.29) is 29.3 Å². The number of nitrogens with zero attached hydrogens (tertiary/aromatic N) is 1. The molecule has 2 N–H and O–H groups in total. The van der Waals surface area contributed by atoms with Crippen LogP contribution < -0.4 is 5.73 Å². The first-order chi connectivity index (χ1) is 9.77. The maximum absolute atomic E-state index is 14.0. The molecule has 0 aliphatic carbocycles. The molecular formula is C15H23FN2O2S. The first-order valence-electron chi connectivity index (χ1n) is 7.27. The molecule has 3 unspecified atom stereocenters. The highest BCUT2D eigenvalue weighted by Gasteiger charge is 2.38. The molecule has 0 aromatic heterocycles. The van der Waals surface area contributed by atoms with Crippen molar-refractivity contribution in [2.75, 3.05) is 6.54 Å². The fourth-order valence-electron chi connectivity index (χ4n) is 2.98. The van der Waals surface area contributed by atoms with Crippen LogP contribution in [0.2, 0.25) is 0 Å². The van der Waals surface area contributed by atoms with Gasteiger partial charge in [0, 0.05) is 19.1 Å². The molecule has 118 valence electrons. The molecule has 21 heavy (non-hydrogen) atoms. The second kappa shape index (κ2) is 6.02. The summed E-state index contributed by atoms with van der Waals surface area (Å²) >= 11 is 0. The van der Waals surface area contributed by atoms with Gasteiger partial charge in [-0.1, -0.05) is 19.9 Å². The van der Waals surface area contributed by atoms with Gasteiger partial charge in [-0.2, -0.15) is 4.31 Å². The molecule has 1 aliphatic rings. The van der Waals surface area contributed by atoms with Gasteiger partial charge in [0.05, 0.1) is 0 Å². The van der Waals surface area contributed by atoms with E-state index in [9.17, 15) is 12.8 Å². The third-order valence-corrected chi connectivity index (χ3v) is 6.33. The van der Waals surface area contributed by atoms with Crippen LogP contribution in [0.15, 0.2) is 23.1 Å². The largest absolute Gasteiger partial charge is 0.326 e. The molecule has 1 aromatic rings. The number of halogens is 1. The van der Waals surface area contributed by atoms with E-state index in [0.717, 1.165) is 6.42 Å². The maximum Gasteiger partial charge on any atom is 0.246 e. The van der Waals surface area contributed by atoms with Gasteiger partial charge in [-0.25, -0.2) is 12.8 Å². The van der Waals surface area contributed by atoms with E-state index in [0.29, 0.717) is 12.1 Å². The van der Waals surface area contributed by atoms with Gasteiger partial charge in [0.2, 0.25) is 10.0 Å². The minimum Gasteiger partial charge on any atom is -0.326 e. The van der Waals surface area contributed by atoms with E-state index in [1.165, 1.54) is 22.5 Å². The van der Waals surface area contributed by atoms with Crippen molar-refractivity contribution >= 4 is 10.0 Å². The van der Waals surface area contributed by atoms with Crippen LogP contribution in [0.5, 0.6) is 0 Å². The topological polar surface area (TPSA) is 63.4 Å². The second-order valence-electron chi connectivity index (χ2n) is 6.10. The van der Waals surface area contributed by atoms with Gasteiger partial charge < -0.3 is 5.73 Å². The van der Waals surface area contributed by atoms with Gasteiger partial charge in [0.15, 0.2) is 0 Å². The van der Waals surface area contributed by atoms with Crippen molar-refractivity contribution in [2.45, 2.75) is 44.7 Å². The molecule has 1 saturated heterocycles. The number of benzene rings is 1. The lowest BCUT2D eigenvalue weighted by Gasteiger charge is -2.40. The zero-order valence-electron chi connectivity index (χ0n) is 12.7. The Kier molecular flexibility index (Phi) is 4.70. The molecule has 1 aliphatic heterocycles. The molecule has 0 bridgehead atoms. The number of hydrogen-bond donors (Lipinski definition) is 1. The normalized spacial score (nSPS) is 27.8. The Morgan fingerprint density at radius 3 is 2.62 bits per heavy atom. The fourth-order valence-corrected chi connectivity index (χ4v) is 4.94. The van der Waals surface area contributed by atoms with E-state index >= 15 is 0 Å². The van der Waals surface area contributed by atoms with Crippen molar-refractivity contribution in [2.24, 2.45) is 17.6 Å². The van der Waals surface area contributed by atoms with Gasteiger partial charge in [0.25, 0.3) is 0 Å². The summed E-state index contributed by atoms with van der Waals surface area (Å²) in [6, 6.07) is 3.91. The summed E-state index contributed by atoms with van der Waals surface area (Å²) in [4.78, 5) is -0.265. The zero-order valence-corrected chi connectivity index (χ0v) is 13.5. The third-order valence-electron chi connectivity index (χ3n) is 4.36. The van der Waals surface area contributed by atoms with E-state index in [4.69, 9.17) is 5.73 Å². The molecular weight excluding hydrogens is 291 g/mol. The van der Waals surface area contributed by atoms with Crippen LogP contribution >= 0.6 is 0 Å². The third kappa shape index (κ3) is 3.12. The minimum absolute atomic E-state index is 0.132. The Labute approximate surface area is 126 Å². The van der Waals surface area contributed by atoms with Crippen LogP contribution in [-0.2, 0) is 16.6 Å². The Bertz CT molecular complexity index is 618. The number of rotatable bonds is 3. The molecule has 3 atom stereocenters. The Morgan fingerprint density at radius 1 is 1.33 bits per heavy atom. The predicted octanol–water partition coefficient (Wildman–Crippen LogP) is 2.34. The van der Waals surface area contributed by atoms with Crippen molar-refractivity contribution in [3.05, 3.63) is 29.6 Å². The first kappa shape index (κ1) is 16.4. The molecule has 0 saturated carbocycles. The van der Waals surface area contributed by atoms with Crippen LogP contribution in [-0.4, -0.2) is 25.3 Å². The monoisotopic (exact) mass is 314 g/mol. The van der Waals surface area contributed by atoms with Crippen LogP contribution in [0.1, 0.15) is 32.8 Å². The van der Waals surface area contributed by atoms with Crippen molar-refractivity contribution in [3.8, 4) is 0 Å². The molecule has 1 fully saturated rings. The van der Waals surface area contributed by atoms with E-state index < -0.39 is 15.8 Å². The van der Waals surface area contributed by atoms with Crippen molar-refractivity contribution in [1.82, 2.24) is 4.31 Å². The van der Waals surface area contributed by atoms with Crippen molar-refractivity contribution in [1.29, 1.82) is 0 Å². The first-order valence-corrected chi connectivity index (χ1v) is 8.71. The zero-order chi connectivity index (χ0) is 15.8. The Hall–Kier alpha value is -0.980. The summed E-state index contributed by atoms with van der Waals surface area (Å²) in [6.45, 7) is 6.57. The minimum atomic E-state index is -3.84. The molecule has 1 aromatic carbocycles. The summed E-state index contributed by atoms with van der Waals surface area (Å²) in [5.74, 6) is -0.193. The second-order valence-corrected chi connectivity index (χ2v) is 7.96. The van der Waals surface area contributed by atoms with Gasteiger partial charge in [0.1, 0.15) is 10.7 Å². The molecule has 0 amide bonds. The molecule has 1 heterocycles. The van der Waals surface area contributed by atoms with E-state index in [1.807, 2.05) is 20.8 Å². The predicted molar refractivity (Wildman–Crippen MR) is 80.6 cm³/mol. The Morgan fingerprint density at radius 2 is 2.00 bits per heavy atom. The lowest BCUT2D eigenvalue weighted by Crippen LogP contribution is -2.48. The van der Waals surface area contributed by atoms with Gasteiger partial charge in [-0.15, -0.1) is 0 Å². The maximum atomic E-state index is 14.0. The smallest absolute Gasteiger partial charge is 0.246 e. The molecule has 4 nitrogen and oxygen atoms in total. The van der Waals surface area contributed by atoms with Crippen LogP contribution in [0.25, 0.3) is 0 Å². The standard InChI is InChI=1S/C15H23FN2O2S/c1-10-6-11(2)12(3)18(9-10)21(19,20)15-7-13(8-17)4-5-14(15)16/h4-5,7,10-12H,6,8-9,17H2,1-3H3. The van der Waals surface area contributed by atoms with Crippen LogP contribution in [0.3, 0.4) is 0 Å². The number of sulfonamides is 1. The molecule has 0 spiro atoms. The van der Waals surface area contributed by atoms with Crippen molar-refractivity contribution < 1.29 is 12.8 Å². The Balaban J connectivity index is 2.46. The van der Waals surface area contributed by atoms with Gasteiger partial charge in [-0.3, -0.25) is 0 Å². The highest BCUT2D eigenvalue weighted by atomic mass is 32.2. The van der Waals surface area contributed by atoms with Crippen molar-refractivity contribution in [3.63, 3.8) is 0 Å². The van der Waals surface area contributed by atoms with Gasteiger partial charge in [-0.05, 0) is 42.9 Å². The van der Waals surface area contributed by atoms with E-state index in [2.05, 4.69) is 0 Å².